The zero-order chi connectivity index (χ0) is 9.30. The summed E-state index contributed by atoms with van der Waals surface area (Å²) in [4.78, 5) is 32.9. The molecule has 1 atom stereocenters. The average molecular weight is 171 g/mol. The molecule has 1 fully saturated rings. The first-order valence-electron chi connectivity index (χ1n) is 3.58. The molecule has 5 nitrogen and oxygen atoms in total. The molecule has 12 heavy (non-hydrogen) atoms. The topological polar surface area (TPSA) is 74.7 Å². The lowest BCUT2D eigenvalue weighted by molar-refractivity contribution is -0.140. The standard InChI is InChI=1S/C7H9NO4/c1-4-3-8(7(11)12)6(10)2-5(4)9/h4H,2-3H2,1H3,(H,11,12)/t4-/m1/s1. The molecule has 0 aliphatic carbocycles. The largest absolute Gasteiger partial charge is 0.465 e. The molecule has 66 valence electrons. The Balaban J connectivity index is 2.74. The summed E-state index contributed by atoms with van der Waals surface area (Å²) in [6.45, 7) is 1.61. The Morgan fingerprint density at radius 3 is 2.67 bits per heavy atom. The Kier molecular flexibility index (Phi) is 2.12. The maximum absolute atomic E-state index is 10.9. The van der Waals surface area contributed by atoms with E-state index in [2.05, 4.69) is 0 Å². The fourth-order valence-corrected chi connectivity index (χ4v) is 1.08. The van der Waals surface area contributed by atoms with Crippen LogP contribution in [0.5, 0.6) is 0 Å². The molecule has 0 aromatic heterocycles. The van der Waals surface area contributed by atoms with Gasteiger partial charge >= 0.3 is 6.09 Å². The minimum atomic E-state index is -1.28. The van der Waals surface area contributed by atoms with Gasteiger partial charge in [0.1, 0.15) is 5.78 Å². The molecule has 1 heterocycles. The number of carboxylic acid groups (broad SMARTS) is 1. The fourth-order valence-electron chi connectivity index (χ4n) is 1.08. The first kappa shape index (κ1) is 8.70. The van der Waals surface area contributed by atoms with Gasteiger partial charge in [-0.1, -0.05) is 6.92 Å². The molecule has 0 radical (unpaired) electrons. The molecule has 0 saturated carbocycles. The summed E-state index contributed by atoms with van der Waals surface area (Å²) in [6.07, 6.45) is -1.56. The van der Waals surface area contributed by atoms with E-state index in [4.69, 9.17) is 5.11 Å². The smallest absolute Gasteiger partial charge is 0.414 e. The van der Waals surface area contributed by atoms with Crippen molar-refractivity contribution in [1.29, 1.82) is 0 Å². The van der Waals surface area contributed by atoms with E-state index in [-0.39, 0.29) is 24.7 Å². The summed E-state index contributed by atoms with van der Waals surface area (Å²) in [6, 6.07) is 0. The first-order chi connectivity index (χ1) is 5.52. The highest BCUT2D eigenvalue weighted by atomic mass is 16.4. The Hall–Kier alpha value is -1.39. The maximum atomic E-state index is 10.9. The lowest BCUT2D eigenvalue weighted by atomic mass is 9.98. The van der Waals surface area contributed by atoms with E-state index in [1.165, 1.54) is 0 Å². The quantitative estimate of drug-likeness (QED) is 0.524. The molecule has 0 spiro atoms. The SMILES string of the molecule is C[C@@H]1CN(C(=O)O)C(=O)CC1=O. The van der Waals surface area contributed by atoms with E-state index in [1.54, 1.807) is 6.92 Å². The van der Waals surface area contributed by atoms with Crippen molar-refractivity contribution < 1.29 is 19.5 Å². The number of carbonyl (C=O) groups excluding carboxylic acids is 2. The Morgan fingerprint density at radius 1 is 1.58 bits per heavy atom. The van der Waals surface area contributed by atoms with Gasteiger partial charge in [-0.05, 0) is 0 Å². The molecular weight excluding hydrogens is 162 g/mol. The van der Waals surface area contributed by atoms with Gasteiger partial charge in [-0.2, -0.15) is 0 Å². The molecule has 1 rings (SSSR count). The van der Waals surface area contributed by atoms with Gasteiger partial charge in [-0.15, -0.1) is 0 Å². The van der Waals surface area contributed by atoms with Gasteiger partial charge in [0.05, 0.1) is 6.42 Å². The summed E-state index contributed by atoms with van der Waals surface area (Å²) in [5.74, 6) is -1.16. The second-order valence-electron chi connectivity index (χ2n) is 2.83. The highest BCUT2D eigenvalue weighted by Gasteiger charge is 2.33. The molecule has 1 saturated heterocycles. The lowest BCUT2D eigenvalue weighted by Gasteiger charge is -2.25. The van der Waals surface area contributed by atoms with Crippen LogP contribution in [0.2, 0.25) is 0 Å². The number of rotatable bonds is 0. The zero-order valence-electron chi connectivity index (χ0n) is 6.61. The van der Waals surface area contributed by atoms with Crippen molar-refractivity contribution in [2.45, 2.75) is 13.3 Å². The Bertz CT molecular complexity index is 248. The molecular formula is C7H9NO4. The predicted molar refractivity (Wildman–Crippen MR) is 38.5 cm³/mol. The molecule has 0 aromatic rings. The van der Waals surface area contributed by atoms with E-state index < -0.39 is 12.0 Å². The van der Waals surface area contributed by atoms with E-state index in [0.717, 1.165) is 0 Å². The third-order valence-electron chi connectivity index (χ3n) is 1.86. The van der Waals surface area contributed by atoms with Gasteiger partial charge in [0.2, 0.25) is 5.91 Å². The number of Topliss-reactive ketones (excluding diaryl/α,β-unsaturated/α-hetero) is 1. The number of likely N-dealkylation sites (tertiary alicyclic amines) is 1. The second kappa shape index (κ2) is 2.92. The van der Waals surface area contributed by atoms with Crippen LogP contribution in [0.4, 0.5) is 4.79 Å². The Labute approximate surface area is 69.0 Å². The predicted octanol–water partition coefficient (Wildman–Crippen LogP) is 0.102. The number of ketones is 1. The summed E-state index contributed by atoms with van der Waals surface area (Å²) in [7, 11) is 0. The van der Waals surface area contributed by atoms with Crippen LogP contribution in [-0.2, 0) is 9.59 Å². The van der Waals surface area contributed by atoms with E-state index >= 15 is 0 Å². The van der Waals surface area contributed by atoms with Crippen molar-refractivity contribution in [3.63, 3.8) is 0 Å². The molecule has 1 N–H and O–H groups in total. The van der Waals surface area contributed by atoms with Gasteiger partial charge in [0.15, 0.2) is 0 Å². The van der Waals surface area contributed by atoms with Gasteiger partial charge in [-0.25, -0.2) is 9.69 Å². The van der Waals surface area contributed by atoms with Crippen LogP contribution in [0.25, 0.3) is 0 Å². The van der Waals surface area contributed by atoms with E-state index in [0.29, 0.717) is 4.90 Å². The second-order valence-corrected chi connectivity index (χ2v) is 2.83. The van der Waals surface area contributed by atoms with Crippen molar-refractivity contribution in [2.75, 3.05) is 6.54 Å². The number of hydrogen-bond donors (Lipinski definition) is 1. The fraction of sp³-hybridized carbons (Fsp3) is 0.571. The normalized spacial score (nSPS) is 24.4. The first-order valence-corrected chi connectivity index (χ1v) is 3.58. The molecule has 0 bridgehead atoms. The number of nitrogens with zero attached hydrogens (tertiary/aromatic N) is 1. The van der Waals surface area contributed by atoms with Crippen LogP contribution in [0.3, 0.4) is 0 Å². The monoisotopic (exact) mass is 171 g/mol. The number of carbonyl (C=O) groups is 3. The van der Waals surface area contributed by atoms with Crippen LogP contribution in [0, 0.1) is 5.92 Å². The average Bonchev–Trinajstić information content (AvgIpc) is 1.96. The summed E-state index contributed by atoms with van der Waals surface area (Å²) in [5, 5.41) is 8.51. The molecule has 2 amide bonds. The van der Waals surface area contributed by atoms with Gasteiger partial charge in [-0.3, -0.25) is 9.59 Å². The number of hydrogen-bond acceptors (Lipinski definition) is 3. The molecule has 1 aliphatic rings. The number of imide groups is 1. The van der Waals surface area contributed by atoms with Crippen molar-refractivity contribution in [3.05, 3.63) is 0 Å². The van der Waals surface area contributed by atoms with Crippen LogP contribution < -0.4 is 0 Å². The maximum Gasteiger partial charge on any atom is 0.414 e. The molecule has 0 aromatic carbocycles. The van der Waals surface area contributed by atoms with Crippen LogP contribution in [-0.4, -0.2) is 34.3 Å². The molecule has 1 aliphatic heterocycles. The summed E-state index contributed by atoms with van der Waals surface area (Å²) < 4.78 is 0. The highest BCUT2D eigenvalue weighted by Crippen LogP contribution is 2.13. The molecule has 0 unspecified atom stereocenters. The highest BCUT2D eigenvalue weighted by molar-refractivity contribution is 6.06. The van der Waals surface area contributed by atoms with E-state index in [9.17, 15) is 14.4 Å². The van der Waals surface area contributed by atoms with Crippen molar-refractivity contribution in [3.8, 4) is 0 Å². The minimum Gasteiger partial charge on any atom is -0.465 e. The Morgan fingerprint density at radius 2 is 2.17 bits per heavy atom. The van der Waals surface area contributed by atoms with Crippen molar-refractivity contribution in [2.24, 2.45) is 5.92 Å². The third kappa shape index (κ3) is 1.44. The van der Waals surface area contributed by atoms with Gasteiger partial charge in [0, 0.05) is 12.5 Å². The summed E-state index contributed by atoms with van der Waals surface area (Å²) >= 11 is 0. The van der Waals surface area contributed by atoms with Crippen LogP contribution in [0.15, 0.2) is 0 Å². The zero-order valence-corrected chi connectivity index (χ0v) is 6.61. The van der Waals surface area contributed by atoms with E-state index in [1.807, 2.05) is 0 Å². The molecule has 5 heteroatoms. The van der Waals surface area contributed by atoms with Crippen molar-refractivity contribution >= 4 is 17.8 Å². The van der Waals surface area contributed by atoms with Gasteiger partial charge in [0.25, 0.3) is 0 Å². The third-order valence-corrected chi connectivity index (χ3v) is 1.86. The lowest BCUT2D eigenvalue weighted by Crippen LogP contribution is -2.46. The minimum absolute atomic E-state index is 0.00694. The van der Waals surface area contributed by atoms with Crippen molar-refractivity contribution in [1.82, 2.24) is 4.90 Å². The van der Waals surface area contributed by atoms with Crippen LogP contribution in [0.1, 0.15) is 13.3 Å². The van der Waals surface area contributed by atoms with Crippen LogP contribution >= 0.6 is 0 Å². The number of amides is 2. The summed E-state index contributed by atoms with van der Waals surface area (Å²) in [5.41, 5.74) is 0. The number of piperidine rings is 1. The van der Waals surface area contributed by atoms with Gasteiger partial charge < -0.3 is 5.11 Å².